The van der Waals surface area contributed by atoms with Crippen LogP contribution < -0.4 is 10.9 Å². The largest absolute Gasteiger partial charge is 0.369 e. The predicted molar refractivity (Wildman–Crippen MR) is 101 cm³/mol. The molecule has 2 aromatic rings. The number of thiocarbonyl (C=S) groups is 1. The molecule has 6 nitrogen and oxygen atoms in total. The standard InChI is InChI=1S/C16H16N4O2S2/c1-3-7-17-13-10(9-11-15(22)19(2)16(23)24-11)14(21)20-8-5-4-6-12(20)18-13/h4-6,8-9,17H,3,7H2,1-2H3/b11-9-. The number of nitrogens with zero attached hydrogens (tertiary/aromatic N) is 3. The van der Waals surface area contributed by atoms with Gasteiger partial charge in [0.25, 0.3) is 11.5 Å². The van der Waals surface area contributed by atoms with Gasteiger partial charge in [0.15, 0.2) is 0 Å². The van der Waals surface area contributed by atoms with Gasteiger partial charge in [-0.2, -0.15) is 0 Å². The molecule has 1 amide bonds. The fourth-order valence-corrected chi connectivity index (χ4v) is 3.45. The molecule has 0 unspecified atom stereocenters. The molecule has 24 heavy (non-hydrogen) atoms. The van der Waals surface area contributed by atoms with E-state index < -0.39 is 0 Å². The maximum atomic E-state index is 12.8. The lowest BCUT2D eigenvalue weighted by molar-refractivity contribution is -0.121. The molecule has 1 aliphatic rings. The maximum Gasteiger partial charge on any atom is 0.267 e. The molecule has 0 spiro atoms. The van der Waals surface area contributed by atoms with Gasteiger partial charge in [0.1, 0.15) is 15.8 Å². The molecule has 0 bridgehead atoms. The minimum absolute atomic E-state index is 0.205. The highest BCUT2D eigenvalue weighted by Gasteiger charge is 2.29. The molecule has 1 fully saturated rings. The number of pyridine rings is 1. The van der Waals surface area contributed by atoms with Gasteiger partial charge >= 0.3 is 0 Å². The highest BCUT2D eigenvalue weighted by molar-refractivity contribution is 8.26. The molecule has 0 aromatic carbocycles. The first-order valence-corrected chi connectivity index (χ1v) is 8.72. The molecule has 0 saturated carbocycles. The van der Waals surface area contributed by atoms with Crippen molar-refractivity contribution in [3.8, 4) is 0 Å². The minimum Gasteiger partial charge on any atom is -0.369 e. The van der Waals surface area contributed by atoms with Crippen LogP contribution in [-0.2, 0) is 4.79 Å². The van der Waals surface area contributed by atoms with Gasteiger partial charge in [-0.1, -0.05) is 37.0 Å². The smallest absolute Gasteiger partial charge is 0.267 e. The number of anilines is 1. The maximum absolute atomic E-state index is 12.8. The van der Waals surface area contributed by atoms with Crippen LogP contribution in [0.1, 0.15) is 18.9 Å². The summed E-state index contributed by atoms with van der Waals surface area (Å²) in [6.07, 6.45) is 4.14. The first-order valence-electron chi connectivity index (χ1n) is 7.49. The second-order valence-corrected chi connectivity index (χ2v) is 6.95. The molecule has 1 aliphatic heterocycles. The predicted octanol–water partition coefficient (Wildman–Crippen LogP) is 2.35. The summed E-state index contributed by atoms with van der Waals surface area (Å²) in [5.74, 6) is 0.276. The summed E-state index contributed by atoms with van der Waals surface area (Å²) in [5.41, 5.74) is 0.697. The van der Waals surface area contributed by atoms with Crippen molar-refractivity contribution in [3.63, 3.8) is 0 Å². The number of nitrogens with one attached hydrogen (secondary N) is 1. The van der Waals surface area contributed by atoms with E-state index in [-0.39, 0.29) is 11.5 Å². The molecule has 0 atom stereocenters. The third-order valence-electron chi connectivity index (χ3n) is 3.57. The summed E-state index contributed by atoms with van der Waals surface area (Å²) in [6, 6.07) is 5.37. The van der Waals surface area contributed by atoms with Gasteiger partial charge in [0.2, 0.25) is 0 Å². The number of carbonyl (C=O) groups is 1. The van der Waals surface area contributed by atoms with Crippen LogP contribution in [0.5, 0.6) is 0 Å². The second kappa shape index (κ2) is 6.74. The molecule has 8 heteroatoms. The third kappa shape index (κ3) is 2.94. The Labute approximate surface area is 148 Å². The first-order chi connectivity index (χ1) is 11.5. The zero-order valence-corrected chi connectivity index (χ0v) is 14.9. The molecule has 1 N–H and O–H groups in total. The summed E-state index contributed by atoms with van der Waals surface area (Å²) >= 11 is 6.33. The van der Waals surface area contributed by atoms with Gasteiger partial charge in [0, 0.05) is 19.8 Å². The van der Waals surface area contributed by atoms with Gasteiger partial charge < -0.3 is 5.32 Å². The number of aromatic nitrogens is 2. The van der Waals surface area contributed by atoms with Crippen molar-refractivity contribution >= 4 is 51.7 Å². The molecule has 1 saturated heterocycles. The van der Waals surface area contributed by atoms with Crippen molar-refractivity contribution in [3.05, 3.63) is 45.2 Å². The van der Waals surface area contributed by atoms with Crippen LogP contribution in [0.3, 0.4) is 0 Å². The molecule has 124 valence electrons. The molecule has 2 aromatic heterocycles. The fraction of sp³-hybridized carbons (Fsp3) is 0.250. The molecule has 3 heterocycles. The molecular formula is C16H16N4O2S2. The van der Waals surface area contributed by atoms with Crippen LogP contribution in [0, 0.1) is 0 Å². The SMILES string of the molecule is CCCNc1nc2ccccn2c(=O)c1/C=C1\SC(=S)N(C)C1=O. The lowest BCUT2D eigenvalue weighted by Gasteiger charge is -2.10. The van der Waals surface area contributed by atoms with Crippen LogP contribution in [0.15, 0.2) is 34.1 Å². The number of thioether (sulfide) groups is 1. The lowest BCUT2D eigenvalue weighted by Crippen LogP contribution is -2.23. The quantitative estimate of drug-likeness (QED) is 0.667. The summed E-state index contributed by atoms with van der Waals surface area (Å²) < 4.78 is 1.94. The zero-order valence-electron chi connectivity index (χ0n) is 13.3. The Bertz CT molecular complexity index is 920. The van der Waals surface area contributed by atoms with E-state index in [1.165, 1.54) is 21.1 Å². The Kier molecular flexibility index (Phi) is 4.68. The molecule has 3 rings (SSSR count). The average molecular weight is 360 g/mol. The van der Waals surface area contributed by atoms with Crippen LogP contribution in [0.2, 0.25) is 0 Å². The highest BCUT2D eigenvalue weighted by Crippen LogP contribution is 2.31. The Morgan fingerprint density at radius 2 is 2.17 bits per heavy atom. The van der Waals surface area contributed by atoms with E-state index in [4.69, 9.17) is 12.2 Å². The fourth-order valence-electron chi connectivity index (χ4n) is 2.29. The van der Waals surface area contributed by atoms with Gasteiger partial charge in [-0.05, 0) is 24.6 Å². The Hall–Kier alpha value is -2.19. The molecule has 0 radical (unpaired) electrons. The van der Waals surface area contributed by atoms with Crippen molar-refractivity contribution in [2.24, 2.45) is 0 Å². The Balaban J connectivity index is 2.18. The van der Waals surface area contributed by atoms with Crippen molar-refractivity contribution in [2.75, 3.05) is 18.9 Å². The van der Waals surface area contributed by atoms with Crippen LogP contribution >= 0.6 is 24.0 Å². The summed E-state index contributed by atoms with van der Waals surface area (Å²) in [4.78, 5) is 31.4. The Morgan fingerprint density at radius 1 is 1.38 bits per heavy atom. The summed E-state index contributed by atoms with van der Waals surface area (Å²) in [5, 5.41) is 3.17. The number of hydrogen-bond donors (Lipinski definition) is 1. The van der Waals surface area contributed by atoms with Crippen molar-refractivity contribution in [1.82, 2.24) is 14.3 Å². The van der Waals surface area contributed by atoms with E-state index >= 15 is 0 Å². The normalized spacial score (nSPS) is 16.4. The number of amides is 1. The van der Waals surface area contributed by atoms with Crippen LogP contribution in [-0.4, -0.2) is 38.1 Å². The third-order valence-corrected chi connectivity index (χ3v) is 5.06. The number of likely N-dealkylation sites (N-methyl/N-ethyl adjacent to an activating group) is 1. The monoisotopic (exact) mass is 360 g/mol. The van der Waals surface area contributed by atoms with Crippen LogP contribution in [0.25, 0.3) is 11.7 Å². The zero-order chi connectivity index (χ0) is 17.3. The van der Waals surface area contributed by atoms with E-state index in [1.807, 2.05) is 13.0 Å². The highest BCUT2D eigenvalue weighted by atomic mass is 32.2. The van der Waals surface area contributed by atoms with Crippen molar-refractivity contribution < 1.29 is 4.79 Å². The first kappa shape index (κ1) is 16.7. The summed E-state index contributed by atoms with van der Waals surface area (Å²) in [7, 11) is 1.63. The van der Waals surface area contributed by atoms with Gasteiger partial charge in [-0.15, -0.1) is 0 Å². The van der Waals surface area contributed by atoms with Crippen molar-refractivity contribution in [1.29, 1.82) is 0 Å². The van der Waals surface area contributed by atoms with E-state index in [0.29, 0.717) is 32.8 Å². The van der Waals surface area contributed by atoms with Gasteiger partial charge in [-0.25, -0.2) is 4.98 Å². The van der Waals surface area contributed by atoms with E-state index in [1.54, 1.807) is 31.5 Å². The minimum atomic E-state index is -0.222. The number of hydrogen-bond acceptors (Lipinski definition) is 6. The van der Waals surface area contributed by atoms with E-state index in [9.17, 15) is 9.59 Å². The summed E-state index contributed by atoms with van der Waals surface area (Å²) in [6.45, 7) is 2.72. The molecular weight excluding hydrogens is 344 g/mol. The second-order valence-electron chi connectivity index (χ2n) is 5.28. The number of carbonyl (C=O) groups excluding carboxylic acids is 1. The van der Waals surface area contributed by atoms with Crippen LogP contribution in [0.4, 0.5) is 5.82 Å². The number of rotatable bonds is 4. The van der Waals surface area contributed by atoms with E-state index in [2.05, 4.69) is 10.3 Å². The van der Waals surface area contributed by atoms with Gasteiger partial charge in [-0.3, -0.25) is 18.9 Å². The van der Waals surface area contributed by atoms with Crippen molar-refractivity contribution in [2.45, 2.75) is 13.3 Å². The Morgan fingerprint density at radius 3 is 2.83 bits per heavy atom. The lowest BCUT2D eigenvalue weighted by atomic mass is 10.2. The van der Waals surface area contributed by atoms with Gasteiger partial charge in [0.05, 0.1) is 10.5 Å². The van der Waals surface area contributed by atoms with E-state index in [0.717, 1.165) is 6.42 Å². The number of fused-ring (bicyclic) bond motifs is 1. The molecule has 0 aliphatic carbocycles. The topological polar surface area (TPSA) is 66.7 Å². The average Bonchev–Trinajstić information content (AvgIpc) is 2.83.